The lowest BCUT2D eigenvalue weighted by Gasteiger charge is -2.29. The van der Waals surface area contributed by atoms with E-state index in [2.05, 4.69) is 68.6 Å². The van der Waals surface area contributed by atoms with E-state index in [1.54, 1.807) is 0 Å². The fourth-order valence-electron chi connectivity index (χ4n) is 2.08. The van der Waals surface area contributed by atoms with Crippen LogP contribution in [-0.4, -0.2) is 31.1 Å². The molecule has 0 saturated heterocycles. The molecule has 2 nitrogen and oxygen atoms in total. The van der Waals surface area contributed by atoms with E-state index >= 15 is 0 Å². The van der Waals surface area contributed by atoms with Gasteiger partial charge in [-0.1, -0.05) is 32.9 Å². The van der Waals surface area contributed by atoms with Crippen molar-refractivity contribution in [3.8, 4) is 0 Å². The zero-order valence-electron chi connectivity index (χ0n) is 12.9. The fraction of sp³-hybridized carbons (Fsp3) is 0.625. The Balaban J connectivity index is 2.64. The van der Waals surface area contributed by atoms with E-state index in [0.717, 1.165) is 6.54 Å². The highest BCUT2D eigenvalue weighted by atomic mass is 32.2. The van der Waals surface area contributed by atoms with Gasteiger partial charge in [-0.3, -0.25) is 0 Å². The Labute approximate surface area is 123 Å². The molecule has 1 rings (SSSR count). The van der Waals surface area contributed by atoms with Crippen molar-refractivity contribution in [1.82, 2.24) is 5.32 Å². The average Bonchev–Trinajstić information content (AvgIpc) is 2.42. The topological polar surface area (TPSA) is 15.3 Å². The minimum absolute atomic E-state index is 0.536. The molecule has 0 aliphatic carbocycles. The number of hydrogen-bond donors (Lipinski definition) is 1. The van der Waals surface area contributed by atoms with Crippen LogP contribution < -0.4 is 10.2 Å². The van der Waals surface area contributed by atoms with Crippen LogP contribution in [0.2, 0.25) is 0 Å². The number of rotatable bonds is 8. The van der Waals surface area contributed by atoms with Crippen molar-refractivity contribution in [1.29, 1.82) is 0 Å². The molecule has 0 aliphatic heterocycles. The van der Waals surface area contributed by atoms with Gasteiger partial charge >= 0.3 is 0 Å². The van der Waals surface area contributed by atoms with Gasteiger partial charge in [0.05, 0.1) is 0 Å². The van der Waals surface area contributed by atoms with E-state index in [1.807, 2.05) is 11.8 Å². The average molecular weight is 280 g/mol. The number of benzene rings is 1. The predicted molar refractivity (Wildman–Crippen MR) is 89.3 cm³/mol. The van der Waals surface area contributed by atoms with Crippen LogP contribution in [0.3, 0.4) is 0 Å². The first-order valence-electron chi connectivity index (χ1n) is 7.12. The quantitative estimate of drug-likeness (QED) is 0.780. The third-order valence-electron chi connectivity index (χ3n) is 3.44. The van der Waals surface area contributed by atoms with Gasteiger partial charge in [0.2, 0.25) is 0 Å². The Bertz CT molecular complexity index is 348. The third kappa shape index (κ3) is 5.45. The van der Waals surface area contributed by atoms with Crippen molar-refractivity contribution >= 4 is 17.4 Å². The van der Waals surface area contributed by atoms with Crippen molar-refractivity contribution < 1.29 is 0 Å². The molecule has 0 spiro atoms. The molecule has 1 atom stereocenters. The molecule has 0 aliphatic rings. The number of nitrogens with one attached hydrogen (secondary N) is 1. The number of anilines is 1. The Morgan fingerprint density at radius 3 is 2.32 bits per heavy atom. The zero-order chi connectivity index (χ0) is 14.3. The van der Waals surface area contributed by atoms with E-state index in [0.29, 0.717) is 12.1 Å². The standard InChI is InChI=1S/C16H28N2S/c1-6-15(12-19-5)18(4)16-9-7-14(8-10-16)11-17-13(2)3/h7-10,13,15,17H,6,11-12H2,1-5H3. The van der Waals surface area contributed by atoms with E-state index in [4.69, 9.17) is 0 Å². The van der Waals surface area contributed by atoms with Gasteiger partial charge in [-0.2, -0.15) is 11.8 Å². The van der Waals surface area contributed by atoms with Crippen molar-refractivity contribution in [2.45, 2.75) is 45.8 Å². The molecular weight excluding hydrogens is 252 g/mol. The van der Waals surface area contributed by atoms with E-state index in [9.17, 15) is 0 Å². The molecule has 108 valence electrons. The van der Waals surface area contributed by atoms with Crippen LogP contribution in [-0.2, 0) is 6.54 Å². The van der Waals surface area contributed by atoms with E-state index in [1.165, 1.54) is 23.4 Å². The van der Waals surface area contributed by atoms with Crippen LogP contribution in [0.5, 0.6) is 0 Å². The summed E-state index contributed by atoms with van der Waals surface area (Å²) in [6.45, 7) is 7.56. The molecule has 0 bridgehead atoms. The SMILES string of the molecule is CCC(CSC)N(C)c1ccc(CNC(C)C)cc1. The summed E-state index contributed by atoms with van der Waals surface area (Å²) in [7, 11) is 2.20. The molecule has 1 N–H and O–H groups in total. The Morgan fingerprint density at radius 1 is 1.21 bits per heavy atom. The molecule has 0 radical (unpaired) electrons. The van der Waals surface area contributed by atoms with Gasteiger partial charge in [0, 0.05) is 37.1 Å². The maximum absolute atomic E-state index is 3.45. The summed E-state index contributed by atoms with van der Waals surface area (Å²) in [4.78, 5) is 2.40. The first-order chi connectivity index (χ1) is 9.08. The largest absolute Gasteiger partial charge is 0.371 e. The van der Waals surface area contributed by atoms with Crippen molar-refractivity contribution in [2.24, 2.45) is 0 Å². The molecular formula is C16H28N2S. The molecule has 1 aromatic rings. The predicted octanol–water partition coefficient (Wildman–Crippen LogP) is 3.76. The van der Waals surface area contributed by atoms with Crippen LogP contribution in [0.25, 0.3) is 0 Å². The fourth-order valence-corrected chi connectivity index (χ4v) is 2.92. The normalized spacial score (nSPS) is 12.7. The Hall–Kier alpha value is -0.670. The first-order valence-corrected chi connectivity index (χ1v) is 8.52. The summed E-state index contributed by atoms with van der Waals surface area (Å²) in [5.41, 5.74) is 2.66. The Kier molecular flexibility index (Phi) is 7.32. The Morgan fingerprint density at radius 2 is 1.84 bits per heavy atom. The lowest BCUT2D eigenvalue weighted by atomic mass is 10.1. The monoisotopic (exact) mass is 280 g/mol. The van der Waals surface area contributed by atoms with Gasteiger partial charge in [0.15, 0.2) is 0 Å². The zero-order valence-corrected chi connectivity index (χ0v) is 13.8. The molecule has 0 saturated carbocycles. The van der Waals surface area contributed by atoms with Crippen LogP contribution in [0.15, 0.2) is 24.3 Å². The number of hydrogen-bond acceptors (Lipinski definition) is 3. The van der Waals surface area contributed by atoms with Crippen molar-refractivity contribution in [2.75, 3.05) is 24.0 Å². The molecule has 0 amide bonds. The lowest BCUT2D eigenvalue weighted by molar-refractivity contribution is 0.589. The maximum atomic E-state index is 3.45. The van der Waals surface area contributed by atoms with Crippen LogP contribution >= 0.6 is 11.8 Å². The summed E-state index contributed by atoms with van der Waals surface area (Å²) in [6, 6.07) is 10.1. The minimum Gasteiger partial charge on any atom is -0.371 e. The summed E-state index contributed by atoms with van der Waals surface area (Å²) in [5, 5.41) is 3.45. The molecule has 0 fully saturated rings. The van der Waals surface area contributed by atoms with Gasteiger partial charge in [-0.25, -0.2) is 0 Å². The molecule has 19 heavy (non-hydrogen) atoms. The van der Waals surface area contributed by atoms with Gasteiger partial charge in [0.25, 0.3) is 0 Å². The first kappa shape index (κ1) is 16.4. The summed E-state index contributed by atoms with van der Waals surface area (Å²) in [5.74, 6) is 1.18. The maximum Gasteiger partial charge on any atom is 0.0374 e. The van der Waals surface area contributed by atoms with Gasteiger partial charge in [-0.05, 0) is 30.4 Å². The summed E-state index contributed by atoms with van der Waals surface area (Å²) < 4.78 is 0. The van der Waals surface area contributed by atoms with Crippen LogP contribution in [0.4, 0.5) is 5.69 Å². The molecule has 3 heteroatoms. The second-order valence-corrected chi connectivity index (χ2v) is 6.24. The van der Waals surface area contributed by atoms with Gasteiger partial charge < -0.3 is 10.2 Å². The van der Waals surface area contributed by atoms with Gasteiger partial charge in [-0.15, -0.1) is 0 Å². The van der Waals surface area contributed by atoms with E-state index in [-0.39, 0.29) is 0 Å². The highest BCUT2D eigenvalue weighted by molar-refractivity contribution is 7.98. The van der Waals surface area contributed by atoms with Crippen LogP contribution in [0, 0.1) is 0 Å². The molecule has 1 unspecified atom stereocenters. The minimum atomic E-state index is 0.536. The van der Waals surface area contributed by atoms with Gasteiger partial charge in [0.1, 0.15) is 0 Å². The smallest absolute Gasteiger partial charge is 0.0374 e. The van der Waals surface area contributed by atoms with Crippen LogP contribution in [0.1, 0.15) is 32.8 Å². The molecule has 0 heterocycles. The second kappa shape index (κ2) is 8.49. The summed E-state index contributed by atoms with van der Waals surface area (Å²) >= 11 is 1.92. The lowest BCUT2D eigenvalue weighted by Crippen LogP contribution is -2.33. The van der Waals surface area contributed by atoms with E-state index < -0.39 is 0 Å². The highest BCUT2D eigenvalue weighted by Crippen LogP contribution is 2.19. The summed E-state index contributed by atoms with van der Waals surface area (Å²) in [6.07, 6.45) is 3.37. The van der Waals surface area contributed by atoms with Crippen molar-refractivity contribution in [3.05, 3.63) is 29.8 Å². The second-order valence-electron chi connectivity index (χ2n) is 5.33. The molecule has 0 aromatic heterocycles. The number of thioether (sulfide) groups is 1. The number of nitrogens with zero attached hydrogens (tertiary/aromatic N) is 1. The highest BCUT2D eigenvalue weighted by Gasteiger charge is 2.12. The third-order valence-corrected chi connectivity index (χ3v) is 4.15. The molecule has 1 aromatic carbocycles. The van der Waals surface area contributed by atoms with Crippen molar-refractivity contribution in [3.63, 3.8) is 0 Å².